The molecule has 1 atom stereocenters. The smallest absolute Gasteiger partial charge is 0.258 e. The van der Waals surface area contributed by atoms with E-state index in [1.54, 1.807) is 30.3 Å². The fourth-order valence-electron chi connectivity index (χ4n) is 3.54. The van der Waals surface area contributed by atoms with Gasteiger partial charge in [0.1, 0.15) is 11.6 Å². The van der Waals surface area contributed by atoms with Crippen LogP contribution in [0.2, 0.25) is 10.0 Å². The van der Waals surface area contributed by atoms with Gasteiger partial charge in [-0.25, -0.2) is 9.97 Å². The number of H-pyrrole nitrogens is 1. The standard InChI is InChI=1S/C20H19Cl2N5O2/c21-13-3-5-16-15(8-13)20(29)26-18(24-16)11-27-7-1-2-12(10-27)19(28)25-17-6-4-14(22)9-23-17/h3-6,8-9,12H,1-2,7,10-11H2,(H,23,25,28)(H,24,26,29). The molecule has 4 rings (SSSR count). The van der Waals surface area contributed by atoms with Crippen molar-refractivity contribution in [1.29, 1.82) is 0 Å². The molecule has 0 bridgehead atoms. The maximum absolute atomic E-state index is 12.6. The molecular weight excluding hydrogens is 413 g/mol. The molecular formula is C20H19Cl2N5O2. The second kappa shape index (κ2) is 8.49. The normalized spacial score (nSPS) is 17.4. The Kier molecular flexibility index (Phi) is 5.80. The predicted molar refractivity (Wildman–Crippen MR) is 113 cm³/mol. The van der Waals surface area contributed by atoms with Crippen molar-refractivity contribution in [3.8, 4) is 0 Å². The van der Waals surface area contributed by atoms with Crippen LogP contribution in [0.4, 0.5) is 5.82 Å². The molecule has 1 fully saturated rings. The second-order valence-electron chi connectivity index (χ2n) is 7.10. The summed E-state index contributed by atoms with van der Waals surface area (Å²) in [5.74, 6) is 0.826. The predicted octanol–water partition coefficient (Wildman–Crippen LogP) is 3.48. The number of piperidine rings is 1. The fraction of sp³-hybridized carbons (Fsp3) is 0.300. The summed E-state index contributed by atoms with van der Waals surface area (Å²) in [6.07, 6.45) is 3.19. The topological polar surface area (TPSA) is 91.0 Å². The number of benzene rings is 1. The summed E-state index contributed by atoms with van der Waals surface area (Å²) in [6.45, 7) is 1.89. The number of hydrogen-bond donors (Lipinski definition) is 2. The van der Waals surface area contributed by atoms with Crippen molar-refractivity contribution in [2.45, 2.75) is 19.4 Å². The number of carbonyl (C=O) groups excluding carboxylic acids is 1. The highest BCUT2D eigenvalue weighted by Gasteiger charge is 2.26. The summed E-state index contributed by atoms with van der Waals surface area (Å²) in [4.78, 5) is 38.6. The lowest BCUT2D eigenvalue weighted by Gasteiger charge is -2.31. The van der Waals surface area contributed by atoms with Crippen LogP contribution in [0.1, 0.15) is 18.7 Å². The van der Waals surface area contributed by atoms with E-state index < -0.39 is 0 Å². The van der Waals surface area contributed by atoms with E-state index in [0.717, 1.165) is 19.4 Å². The van der Waals surface area contributed by atoms with Gasteiger partial charge in [-0.15, -0.1) is 0 Å². The van der Waals surface area contributed by atoms with Crippen LogP contribution >= 0.6 is 23.2 Å². The molecule has 150 valence electrons. The van der Waals surface area contributed by atoms with Crippen molar-refractivity contribution >= 4 is 45.8 Å². The molecule has 0 saturated carbocycles. The number of aromatic nitrogens is 3. The van der Waals surface area contributed by atoms with Gasteiger partial charge in [0.15, 0.2) is 0 Å². The molecule has 0 radical (unpaired) electrons. The first-order valence-corrected chi connectivity index (χ1v) is 10.1. The number of nitrogens with one attached hydrogen (secondary N) is 2. The minimum Gasteiger partial charge on any atom is -0.310 e. The first-order valence-electron chi connectivity index (χ1n) is 9.31. The third-order valence-electron chi connectivity index (χ3n) is 4.94. The summed E-state index contributed by atoms with van der Waals surface area (Å²) in [6, 6.07) is 8.43. The van der Waals surface area contributed by atoms with Crippen LogP contribution in [-0.4, -0.2) is 38.8 Å². The number of likely N-dealkylation sites (tertiary alicyclic amines) is 1. The average molecular weight is 432 g/mol. The van der Waals surface area contributed by atoms with Crippen molar-refractivity contribution in [2.24, 2.45) is 5.92 Å². The summed E-state index contributed by atoms with van der Waals surface area (Å²) >= 11 is 11.8. The van der Waals surface area contributed by atoms with Gasteiger partial charge in [0.25, 0.3) is 5.56 Å². The molecule has 1 aromatic carbocycles. The van der Waals surface area contributed by atoms with E-state index in [-0.39, 0.29) is 17.4 Å². The van der Waals surface area contributed by atoms with Gasteiger partial charge in [0.05, 0.1) is 28.4 Å². The highest BCUT2D eigenvalue weighted by molar-refractivity contribution is 6.31. The monoisotopic (exact) mass is 431 g/mol. The van der Waals surface area contributed by atoms with Gasteiger partial charge in [0, 0.05) is 17.8 Å². The molecule has 0 spiro atoms. The quantitative estimate of drug-likeness (QED) is 0.659. The number of rotatable bonds is 4. The zero-order valence-electron chi connectivity index (χ0n) is 15.5. The number of hydrogen-bond acceptors (Lipinski definition) is 5. The Hall–Kier alpha value is -2.48. The van der Waals surface area contributed by atoms with Crippen LogP contribution in [0, 0.1) is 5.92 Å². The fourth-order valence-corrected chi connectivity index (χ4v) is 3.82. The Morgan fingerprint density at radius 1 is 1.24 bits per heavy atom. The van der Waals surface area contributed by atoms with E-state index in [1.165, 1.54) is 6.20 Å². The number of amides is 1. The molecule has 7 nitrogen and oxygen atoms in total. The molecule has 29 heavy (non-hydrogen) atoms. The van der Waals surface area contributed by atoms with Crippen molar-refractivity contribution in [3.63, 3.8) is 0 Å². The van der Waals surface area contributed by atoms with Crippen LogP contribution in [0.3, 0.4) is 0 Å². The van der Waals surface area contributed by atoms with Crippen LogP contribution < -0.4 is 10.9 Å². The van der Waals surface area contributed by atoms with Crippen LogP contribution in [0.15, 0.2) is 41.3 Å². The number of halogens is 2. The minimum atomic E-state index is -0.215. The van der Waals surface area contributed by atoms with E-state index in [2.05, 4.69) is 25.2 Å². The van der Waals surface area contributed by atoms with E-state index in [1.807, 2.05) is 0 Å². The second-order valence-corrected chi connectivity index (χ2v) is 7.97. The SMILES string of the molecule is O=C(Nc1ccc(Cl)cn1)C1CCCN(Cc2nc3ccc(Cl)cc3c(=O)[nH]2)C1. The van der Waals surface area contributed by atoms with Crippen LogP contribution in [0.25, 0.3) is 10.9 Å². The van der Waals surface area contributed by atoms with Crippen molar-refractivity contribution in [1.82, 2.24) is 19.9 Å². The molecule has 2 aromatic heterocycles. The largest absolute Gasteiger partial charge is 0.310 e. The molecule has 9 heteroatoms. The van der Waals surface area contributed by atoms with E-state index in [4.69, 9.17) is 23.2 Å². The van der Waals surface area contributed by atoms with Gasteiger partial charge in [-0.1, -0.05) is 23.2 Å². The molecule has 0 aliphatic carbocycles. The molecule has 1 aliphatic rings. The third-order valence-corrected chi connectivity index (χ3v) is 5.40. The Bertz CT molecular complexity index is 1100. The van der Waals surface area contributed by atoms with Gasteiger partial charge in [-0.05, 0) is 49.7 Å². The maximum atomic E-state index is 12.6. The van der Waals surface area contributed by atoms with Crippen LogP contribution in [0.5, 0.6) is 0 Å². The number of carbonyl (C=O) groups is 1. The molecule has 1 unspecified atom stereocenters. The third kappa shape index (κ3) is 4.75. The van der Waals surface area contributed by atoms with Gasteiger partial charge >= 0.3 is 0 Å². The van der Waals surface area contributed by atoms with Gasteiger partial charge in [-0.3, -0.25) is 14.5 Å². The maximum Gasteiger partial charge on any atom is 0.258 e. The van der Waals surface area contributed by atoms with Gasteiger partial charge in [-0.2, -0.15) is 0 Å². The highest BCUT2D eigenvalue weighted by Crippen LogP contribution is 2.20. The summed E-state index contributed by atoms with van der Waals surface area (Å²) in [5, 5.41) is 4.32. The Balaban J connectivity index is 1.44. The number of aromatic amines is 1. The lowest BCUT2D eigenvalue weighted by atomic mass is 9.97. The number of fused-ring (bicyclic) bond motifs is 1. The zero-order chi connectivity index (χ0) is 20.4. The van der Waals surface area contributed by atoms with E-state index in [0.29, 0.717) is 45.7 Å². The van der Waals surface area contributed by atoms with Crippen molar-refractivity contribution < 1.29 is 4.79 Å². The lowest BCUT2D eigenvalue weighted by molar-refractivity contribution is -0.121. The molecule has 1 saturated heterocycles. The zero-order valence-corrected chi connectivity index (χ0v) is 17.0. The first kappa shape index (κ1) is 19.8. The van der Waals surface area contributed by atoms with Crippen molar-refractivity contribution in [3.05, 3.63) is 62.8 Å². The molecule has 3 aromatic rings. The lowest BCUT2D eigenvalue weighted by Crippen LogP contribution is -2.40. The van der Waals surface area contributed by atoms with Gasteiger partial charge < -0.3 is 10.3 Å². The molecule has 2 N–H and O–H groups in total. The summed E-state index contributed by atoms with van der Waals surface area (Å²) < 4.78 is 0. The number of nitrogens with zero attached hydrogens (tertiary/aromatic N) is 3. The molecule has 1 aliphatic heterocycles. The minimum absolute atomic E-state index is 0.0703. The van der Waals surface area contributed by atoms with Gasteiger partial charge in [0.2, 0.25) is 5.91 Å². The number of pyridine rings is 1. The highest BCUT2D eigenvalue weighted by atomic mass is 35.5. The number of anilines is 1. The molecule has 3 heterocycles. The van der Waals surface area contributed by atoms with E-state index in [9.17, 15) is 9.59 Å². The van der Waals surface area contributed by atoms with Crippen LogP contribution in [-0.2, 0) is 11.3 Å². The summed E-state index contributed by atoms with van der Waals surface area (Å²) in [5.41, 5.74) is 0.390. The average Bonchev–Trinajstić information content (AvgIpc) is 2.70. The Morgan fingerprint density at radius 2 is 2.07 bits per heavy atom. The summed E-state index contributed by atoms with van der Waals surface area (Å²) in [7, 11) is 0. The van der Waals surface area contributed by atoms with E-state index >= 15 is 0 Å². The molecule has 1 amide bonds. The van der Waals surface area contributed by atoms with Crippen molar-refractivity contribution in [2.75, 3.05) is 18.4 Å². The first-order chi connectivity index (χ1) is 14.0. The Morgan fingerprint density at radius 3 is 2.86 bits per heavy atom. The Labute approximate surface area is 177 Å².